The fourth-order valence-electron chi connectivity index (χ4n) is 1.47. The van der Waals surface area contributed by atoms with Crippen LogP contribution in [0.4, 0.5) is 5.69 Å². The van der Waals surface area contributed by atoms with Crippen molar-refractivity contribution in [2.24, 2.45) is 0 Å². The highest BCUT2D eigenvalue weighted by molar-refractivity contribution is 6.30. The predicted molar refractivity (Wildman–Crippen MR) is 70.0 cm³/mol. The lowest BCUT2D eigenvalue weighted by atomic mass is 10.2. The Morgan fingerprint density at radius 2 is 2.00 bits per heavy atom. The number of benzene rings is 1. The summed E-state index contributed by atoms with van der Waals surface area (Å²) in [4.78, 5) is 14.9. The third kappa shape index (κ3) is 3.21. The first-order valence-electron chi connectivity index (χ1n) is 5.33. The third-order valence-electron chi connectivity index (χ3n) is 2.38. The van der Waals surface area contributed by atoms with Crippen LogP contribution in [0.1, 0.15) is 16.1 Å². The monoisotopic (exact) mass is 262 g/mol. The average molecular weight is 263 g/mol. The number of hydrogen-bond donors (Lipinski definition) is 2. The molecule has 0 saturated carbocycles. The van der Waals surface area contributed by atoms with E-state index in [9.17, 15) is 4.79 Å². The van der Waals surface area contributed by atoms with Gasteiger partial charge in [-0.3, -0.25) is 4.98 Å². The summed E-state index contributed by atoms with van der Waals surface area (Å²) >= 11 is 5.78. The molecule has 0 atom stereocenters. The van der Waals surface area contributed by atoms with E-state index in [1.807, 2.05) is 12.1 Å². The molecule has 2 N–H and O–H groups in total. The van der Waals surface area contributed by atoms with Crippen LogP contribution in [0, 0.1) is 0 Å². The molecule has 1 aromatic heterocycles. The second-order valence-electron chi connectivity index (χ2n) is 3.70. The highest BCUT2D eigenvalue weighted by Crippen LogP contribution is 2.14. The second-order valence-corrected chi connectivity index (χ2v) is 4.14. The minimum atomic E-state index is -0.954. The topological polar surface area (TPSA) is 62.2 Å². The minimum absolute atomic E-state index is 0.234. The average Bonchev–Trinajstić information content (AvgIpc) is 2.38. The van der Waals surface area contributed by atoms with Crippen LogP contribution in [-0.2, 0) is 6.54 Å². The maximum Gasteiger partial charge on any atom is 0.335 e. The van der Waals surface area contributed by atoms with Gasteiger partial charge in [0.25, 0.3) is 0 Å². The molecule has 1 heterocycles. The normalized spacial score (nSPS) is 10.1. The molecule has 18 heavy (non-hydrogen) atoms. The number of rotatable bonds is 4. The summed E-state index contributed by atoms with van der Waals surface area (Å²) in [7, 11) is 0. The first kappa shape index (κ1) is 12.4. The first-order chi connectivity index (χ1) is 8.65. The third-order valence-corrected chi connectivity index (χ3v) is 2.63. The number of carboxylic acid groups (broad SMARTS) is 1. The van der Waals surface area contributed by atoms with Crippen molar-refractivity contribution < 1.29 is 9.90 Å². The molecule has 0 aliphatic carbocycles. The van der Waals surface area contributed by atoms with Gasteiger partial charge in [-0.25, -0.2) is 4.79 Å². The quantitative estimate of drug-likeness (QED) is 0.889. The second kappa shape index (κ2) is 5.51. The van der Waals surface area contributed by atoms with E-state index in [1.54, 1.807) is 18.2 Å². The molecule has 0 fully saturated rings. The standard InChI is InChI=1S/C13H11ClN2O2/c14-10-1-3-11(4-2-10)16-8-12-7-9(13(17)18)5-6-15-12/h1-7,16H,8H2,(H,17,18). The minimum Gasteiger partial charge on any atom is -0.478 e. The molecule has 5 heteroatoms. The summed E-state index contributed by atoms with van der Waals surface area (Å²) in [5, 5.41) is 12.7. The maximum absolute atomic E-state index is 10.8. The molecule has 0 amide bonds. The van der Waals surface area contributed by atoms with Crippen molar-refractivity contribution in [3.8, 4) is 0 Å². The molecular formula is C13H11ClN2O2. The van der Waals surface area contributed by atoms with E-state index in [4.69, 9.17) is 16.7 Å². The van der Waals surface area contributed by atoms with Crippen LogP contribution in [0.5, 0.6) is 0 Å². The lowest BCUT2D eigenvalue weighted by molar-refractivity contribution is 0.0696. The van der Waals surface area contributed by atoms with Crippen LogP contribution in [-0.4, -0.2) is 16.1 Å². The molecule has 0 aliphatic heterocycles. The molecular weight excluding hydrogens is 252 g/mol. The maximum atomic E-state index is 10.8. The van der Waals surface area contributed by atoms with Crippen LogP contribution in [0.15, 0.2) is 42.6 Å². The van der Waals surface area contributed by atoms with Crippen molar-refractivity contribution in [3.05, 3.63) is 58.9 Å². The zero-order valence-electron chi connectivity index (χ0n) is 9.43. The Morgan fingerprint density at radius 3 is 2.67 bits per heavy atom. The van der Waals surface area contributed by atoms with Gasteiger partial charge in [0.15, 0.2) is 0 Å². The number of pyridine rings is 1. The number of aromatic nitrogens is 1. The molecule has 0 unspecified atom stereocenters. The summed E-state index contributed by atoms with van der Waals surface area (Å²) in [5.74, 6) is -0.954. The van der Waals surface area contributed by atoms with Gasteiger partial charge in [0.1, 0.15) is 0 Å². The van der Waals surface area contributed by atoms with E-state index >= 15 is 0 Å². The molecule has 1 aromatic carbocycles. The molecule has 92 valence electrons. The van der Waals surface area contributed by atoms with Crippen LogP contribution in [0.25, 0.3) is 0 Å². The lowest BCUT2D eigenvalue weighted by Gasteiger charge is -2.06. The van der Waals surface area contributed by atoms with Gasteiger partial charge < -0.3 is 10.4 Å². The SMILES string of the molecule is O=C(O)c1ccnc(CNc2ccc(Cl)cc2)c1. The lowest BCUT2D eigenvalue weighted by Crippen LogP contribution is -2.04. The molecule has 2 aromatic rings. The van der Waals surface area contributed by atoms with Crippen LogP contribution in [0.2, 0.25) is 5.02 Å². The smallest absolute Gasteiger partial charge is 0.335 e. The van der Waals surface area contributed by atoms with Crippen LogP contribution >= 0.6 is 11.6 Å². The number of nitrogens with zero attached hydrogens (tertiary/aromatic N) is 1. The fourth-order valence-corrected chi connectivity index (χ4v) is 1.59. The highest BCUT2D eigenvalue weighted by Gasteiger charge is 2.03. The van der Waals surface area contributed by atoms with Crippen molar-refractivity contribution >= 4 is 23.3 Å². The van der Waals surface area contributed by atoms with Gasteiger partial charge in [-0.15, -0.1) is 0 Å². The van der Waals surface area contributed by atoms with E-state index in [1.165, 1.54) is 12.3 Å². The molecule has 0 aliphatic rings. The Balaban J connectivity index is 2.04. The number of nitrogens with one attached hydrogen (secondary N) is 1. The number of carboxylic acids is 1. The predicted octanol–water partition coefficient (Wildman–Crippen LogP) is 3.05. The van der Waals surface area contributed by atoms with Crippen LogP contribution < -0.4 is 5.32 Å². The van der Waals surface area contributed by atoms with Gasteiger partial charge >= 0.3 is 5.97 Å². The Labute approximate surface area is 109 Å². The van der Waals surface area contributed by atoms with Crippen molar-refractivity contribution in [2.45, 2.75) is 6.54 Å². The Morgan fingerprint density at radius 1 is 1.28 bits per heavy atom. The summed E-state index contributed by atoms with van der Waals surface area (Å²) in [6, 6.07) is 10.3. The molecule has 0 bridgehead atoms. The Kier molecular flexibility index (Phi) is 3.79. The molecule has 0 radical (unpaired) electrons. The summed E-state index contributed by atoms with van der Waals surface area (Å²) in [5.41, 5.74) is 1.81. The zero-order valence-corrected chi connectivity index (χ0v) is 10.2. The number of halogens is 1. The molecule has 0 saturated heterocycles. The molecule has 4 nitrogen and oxygen atoms in total. The van der Waals surface area contributed by atoms with Crippen molar-refractivity contribution in [2.75, 3.05) is 5.32 Å². The van der Waals surface area contributed by atoms with Crippen molar-refractivity contribution in [3.63, 3.8) is 0 Å². The van der Waals surface area contributed by atoms with Crippen LogP contribution in [0.3, 0.4) is 0 Å². The van der Waals surface area contributed by atoms with Gasteiger partial charge in [0, 0.05) is 16.9 Å². The summed E-state index contributed by atoms with van der Waals surface area (Å²) < 4.78 is 0. The molecule has 2 rings (SSSR count). The summed E-state index contributed by atoms with van der Waals surface area (Å²) in [6.07, 6.45) is 1.49. The fraction of sp³-hybridized carbons (Fsp3) is 0.0769. The van der Waals surface area contributed by atoms with E-state index in [2.05, 4.69) is 10.3 Å². The zero-order chi connectivity index (χ0) is 13.0. The van der Waals surface area contributed by atoms with Crippen molar-refractivity contribution in [1.82, 2.24) is 4.98 Å². The van der Waals surface area contributed by atoms with E-state index in [0.29, 0.717) is 17.3 Å². The van der Waals surface area contributed by atoms with E-state index < -0.39 is 5.97 Å². The van der Waals surface area contributed by atoms with Gasteiger partial charge in [0.2, 0.25) is 0 Å². The number of aromatic carboxylic acids is 1. The number of anilines is 1. The first-order valence-corrected chi connectivity index (χ1v) is 5.70. The molecule has 0 spiro atoms. The van der Waals surface area contributed by atoms with E-state index in [0.717, 1.165) is 5.69 Å². The van der Waals surface area contributed by atoms with E-state index in [-0.39, 0.29) is 5.56 Å². The Bertz CT molecular complexity index is 555. The summed E-state index contributed by atoms with van der Waals surface area (Å²) in [6.45, 7) is 0.461. The number of carbonyl (C=O) groups is 1. The van der Waals surface area contributed by atoms with Crippen molar-refractivity contribution in [1.29, 1.82) is 0 Å². The highest BCUT2D eigenvalue weighted by atomic mass is 35.5. The largest absolute Gasteiger partial charge is 0.478 e. The van der Waals surface area contributed by atoms with Gasteiger partial charge in [-0.2, -0.15) is 0 Å². The van der Waals surface area contributed by atoms with Gasteiger partial charge in [-0.05, 0) is 36.4 Å². The van der Waals surface area contributed by atoms with Gasteiger partial charge in [0.05, 0.1) is 17.8 Å². The number of hydrogen-bond acceptors (Lipinski definition) is 3. The van der Waals surface area contributed by atoms with Gasteiger partial charge in [-0.1, -0.05) is 11.6 Å². The Hall–Kier alpha value is -2.07.